The number of hydrogen-bond donors (Lipinski definition) is 4. The van der Waals surface area contributed by atoms with Crippen LogP contribution in [-0.4, -0.2) is 50.6 Å². The van der Waals surface area contributed by atoms with Gasteiger partial charge in [0.1, 0.15) is 0 Å². The number of aliphatic hydroxyl groups is 1. The second-order valence-electron chi connectivity index (χ2n) is 5.96. The van der Waals surface area contributed by atoms with Crippen molar-refractivity contribution >= 4 is 30.0 Å². The van der Waals surface area contributed by atoms with Gasteiger partial charge in [0.15, 0.2) is 17.8 Å². The molecule has 0 aliphatic rings. The number of hydrogen-bond acceptors (Lipinski definition) is 7. The molecular formula is C19H22O10. The van der Waals surface area contributed by atoms with Gasteiger partial charge in [0, 0.05) is 31.8 Å². The highest BCUT2D eigenvalue weighted by molar-refractivity contribution is 5.85. The average molecular weight is 410 g/mol. The van der Waals surface area contributed by atoms with Gasteiger partial charge in [-0.15, -0.1) is 0 Å². The lowest BCUT2D eigenvalue weighted by Crippen LogP contribution is -2.17. The van der Waals surface area contributed by atoms with Gasteiger partial charge < -0.3 is 29.9 Å². The summed E-state index contributed by atoms with van der Waals surface area (Å²) < 4.78 is 10.5. The van der Waals surface area contributed by atoms with Crippen LogP contribution < -0.4 is 9.47 Å². The molecule has 29 heavy (non-hydrogen) atoms. The summed E-state index contributed by atoms with van der Waals surface area (Å²) in [6.07, 6.45) is 0.525. The first-order valence-corrected chi connectivity index (χ1v) is 8.71. The number of rotatable bonds is 13. The first-order valence-electron chi connectivity index (χ1n) is 8.71. The number of aliphatic hydroxyl groups excluding tert-OH is 1. The first kappa shape index (κ1) is 23.6. The summed E-state index contributed by atoms with van der Waals surface area (Å²) in [5, 5.41) is 35.9. The summed E-state index contributed by atoms with van der Waals surface area (Å²) in [6.45, 7) is 0. The van der Waals surface area contributed by atoms with E-state index in [2.05, 4.69) is 0 Å². The molecule has 1 atom stereocenters. The SMILES string of the molecule is O=C(O)/C=C/c1ccc(OC(=O)CCCC(=O)O)c(OC(O)CCCC(=O)O)c1. The maximum absolute atomic E-state index is 11.9. The molecule has 0 amide bonds. The van der Waals surface area contributed by atoms with Crippen molar-refractivity contribution in [2.75, 3.05) is 0 Å². The Labute approximate surface area is 166 Å². The summed E-state index contributed by atoms with van der Waals surface area (Å²) in [5.41, 5.74) is 0.394. The van der Waals surface area contributed by atoms with Gasteiger partial charge in [-0.05, 0) is 36.6 Å². The molecule has 0 saturated carbocycles. The van der Waals surface area contributed by atoms with Crippen LogP contribution in [-0.2, 0) is 19.2 Å². The highest BCUT2D eigenvalue weighted by atomic mass is 16.6. The molecule has 0 saturated heterocycles. The second-order valence-corrected chi connectivity index (χ2v) is 5.96. The molecule has 1 rings (SSSR count). The Morgan fingerprint density at radius 3 is 2.21 bits per heavy atom. The molecule has 0 aliphatic heterocycles. The third kappa shape index (κ3) is 10.5. The van der Waals surface area contributed by atoms with Crippen LogP contribution in [0.15, 0.2) is 24.3 Å². The third-order valence-electron chi connectivity index (χ3n) is 3.49. The molecule has 10 nitrogen and oxygen atoms in total. The van der Waals surface area contributed by atoms with Crippen molar-refractivity contribution in [1.29, 1.82) is 0 Å². The van der Waals surface area contributed by atoms with Crippen LogP contribution in [0.25, 0.3) is 6.08 Å². The zero-order chi connectivity index (χ0) is 21.8. The lowest BCUT2D eigenvalue weighted by atomic mass is 10.2. The monoisotopic (exact) mass is 410 g/mol. The van der Waals surface area contributed by atoms with Crippen molar-refractivity contribution in [2.45, 2.75) is 44.8 Å². The molecule has 4 N–H and O–H groups in total. The van der Waals surface area contributed by atoms with Crippen molar-refractivity contribution in [2.24, 2.45) is 0 Å². The predicted molar refractivity (Wildman–Crippen MR) is 98.4 cm³/mol. The van der Waals surface area contributed by atoms with Gasteiger partial charge in [-0.1, -0.05) is 6.07 Å². The Kier molecular flexibility index (Phi) is 9.89. The van der Waals surface area contributed by atoms with Crippen molar-refractivity contribution in [1.82, 2.24) is 0 Å². The number of carboxylic acids is 3. The van der Waals surface area contributed by atoms with E-state index in [0.717, 1.165) is 6.08 Å². The van der Waals surface area contributed by atoms with Crippen LogP contribution in [0.5, 0.6) is 11.5 Å². The zero-order valence-corrected chi connectivity index (χ0v) is 15.4. The Morgan fingerprint density at radius 2 is 1.59 bits per heavy atom. The molecule has 0 bridgehead atoms. The van der Waals surface area contributed by atoms with E-state index in [9.17, 15) is 24.3 Å². The van der Waals surface area contributed by atoms with Gasteiger partial charge in [0.25, 0.3) is 0 Å². The second kappa shape index (κ2) is 12.1. The van der Waals surface area contributed by atoms with Gasteiger partial charge in [-0.3, -0.25) is 14.4 Å². The highest BCUT2D eigenvalue weighted by Crippen LogP contribution is 2.31. The fourth-order valence-electron chi connectivity index (χ4n) is 2.16. The normalized spacial score (nSPS) is 11.8. The number of esters is 1. The van der Waals surface area contributed by atoms with E-state index in [0.29, 0.717) is 5.56 Å². The molecule has 0 aliphatic carbocycles. The lowest BCUT2D eigenvalue weighted by Gasteiger charge is -2.16. The Bertz CT molecular complexity index is 768. The smallest absolute Gasteiger partial charge is 0.328 e. The van der Waals surface area contributed by atoms with Crippen LogP contribution in [0.1, 0.15) is 44.1 Å². The largest absolute Gasteiger partial charge is 0.481 e. The first-order chi connectivity index (χ1) is 13.7. The quantitative estimate of drug-likeness (QED) is 0.163. The standard InChI is InChI=1S/C19H22O10/c20-15(21)3-1-5-18(26)28-13-9-7-12(8-10-17(24)25)11-14(13)29-19(27)6-2-4-16(22)23/h7-11,19,27H,1-6H2,(H,20,21)(H,22,23)(H,24,25)/b10-8+. The molecule has 158 valence electrons. The molecule has 10 heteroatoms. The number of ether oxygens (including phenoxy) is 2. The number of aliphatic carboxylic acids is 3. The van der Waals surface area contributed by atoms with Gasteiger partial charge in [0.05, 0.1) is 0 Å². The topological polar surface area (TPSA) is 168 Å². The average Bonchev–Trinajstić information content (AvgIpc) is 2.61. The molecule has 0 fully saturated rings. The minimum absolute atomic E-state index is 0.00743. The van der Waals surface area contributed by atoms with Gasteiger partial charge in [-0.2, -0.15) is 0 Å². The molecule has 0 spiro atoms. The molecule has 0 radical (unpaired) electrons. The zero-order valence-electron chi connectivity index (χ0n) is 15.4. The minimum atomic E-state index is -1.38. The molecule has 1 aromatic rings. The molecule has 0 aromatic heterocycles. The van der Waals surface area contributed by atoms with Crippen LogP contribution in [0.2, 0.25) is 0 Å². The highest BCUT2D eigenvalue weighted by Gasteiger charge is 2.15. The van der Waals surface area contributed by atoms with E-state index in [-0.39, 0.29) is 50.0 Å². The Morgan fingerprint density at radius 1 is 0.931 bits per heavy atom. The van der Waals surface area contributed by atoms with Crippen molar-refractivity contribution in [3.8, 4) is 11.5 Å². The van der Waals surface area contributed by atoms with Gasteiger partial charge in [0.2, 0.25) is 0 Å². The minimum Gasteiger partial charge on any atom is -0.481 e. The molecular weight excluding hydrogens is 388 g/mol. The lowest BCUT2D eigenvalue weighted by molar-refractivity contribution is -0.139. The number of carboxylic acid groups (broad SMARTS) is 3. The van der Waals surface area contributed by atoms with E-state index in [4.69, 9.17) is 24.8 Å². The maximum atomic E-state index is 11.9. The van der Waals surface area contributed by atoms with Gasteiger partial charge >= 0.3 is 23.9 Å². The third-order valence-corrected chi connectivity index (χ3v) is 3.49. The Balaban J connectivity index is 2.89. The maximum Gasteiger partial charge on any atom is 0.328 e. The van der Waals surface area contributed by atoms with E-state index >= 15 is 0 Å². The molecule has 0 heterocycles. The van der Waals surface area contributed by atoms with E-state index in [1.165, 1.54) is 24.3 Å². The number of carbonyl (C=O) groups excluding carboxylic acids is 1. The summed E-state index contributed by atoms with van der Waals surface area (Å²) in [6, 6.07) is 4.15. The summed E-state index contributed by atoms with van der Waals surface area (Å²) in [5.74, 6) is -4.03. The van der Waals surface area contributed by atoms with Crippen LogP contribution >= 0.6 is 0 Å². The summed E-state index contributed by atoms with van der Waals surface area (Å²) in [7, 11) is 0. The van der Waals surface area contributed by atoms with E-state index < -0.39 is 30.2 Å². The fourth-order valence-corrected chi connectivity index (χ4v) is 2.16. The van der Waals surface area contributed by atoms with E-state index in [1.807, 2.05) is 0 Å². The number of carbonyl (C=O) groups is 4. The molecule has 1 unspecified atom stereocenters. The van der Waals surface area contributed by atoms with Crippen molar-refractivity contribution in [3.63, 3.8) is 0 Å². The molecule has 1 aromatic carbocycles. The predicted octanol–water partition coefficient (Wildman–Crippen LogP) is 1.90. The number of benzene rings is 1. The van der Waals surface area contributed by atoms with Crippen LogP contribution in [0.3, 0.4) is 0 Å². The van der Waals surface area contributed by atoms with Crippen molar-refractivity contribution in [3.05, 3.63) is 29.8 Å². The summed E-state index contributed by atoms with van der Waals surface area (Å²) in [4.78, 5) is 43.6. The van der Waals surface area contributed by atoms with Gasteiger partial charge in [-0.25, -0.2) is 4.79 Å². The van der Waals surface area contributed by atoms with Crippen LogP contribution in [0.4, 0.5) is 0 Å². The fraction of sp³-hybridized carbons (Fsp3) is 0.368. The Hall–Kier alpha value is -3.40. The van der Waals surface area contributed by atoms with E-state index in [1.54, 1.807) is 0 Å². The van der Waals surface area contributed by atoms with Crippen molar-refractivity contribution < 1.29 is 49.1 Å². The van der Waals surface area contributed by atoms with Crippen LogP contribution in [0, 0.1) is 0 Å². The summed E-state index contributed by atoms with van der Waals surface area (Å²) >= 11 is 0.